The number of aromatic nitrogens is 3. The quantitative estimate of drug-likeness (QED) is 0.538. The van der Waals surface area contributed by atoms with Crippen molar-refractivity contribution >= 4 is 28.0 Å². The van der Waals surface area contributed by atoms with Crippen molar-refractivity contribution in [3.8, 4) is 0 Å². The number of nitrogens with zero attached hydrogens (tertiary/aromatic N) is 4. The van der Waals surface area contributed by atoms with Gasteiger partial charge in [0.15, 0.2) is 10.5 Å². The predicted octanol–water partition coefficient (Wildman–Crippen LogP) is 3.07. The summed E-state index contributed by atoms with van der Waals surface area (Å²) < 4.78 is 3.23. The first-order valence-electron chi connectivity index (χ1n) is 8.94. The lowest BCUT2D eigenvalue weighted by molar-refractivity contribution is 0.0992. The number of thiazole rings is 1. The molecule has 0 aliphatic carbocycles. The van der Waals surface area contributed by atoms with Crippen LogP contribution >= 0.6 is 11.3 Å². The Labute approximate surface area is 165 Å². The Morgan fingerprint density at radius 2 is 1.79 bits per heavy atom. The fraction of sp³-hybridized carbons (Fsp3) is 0.143. The first kappa shape index (κ1) is 18.1. The van der Waals surface area contributed by atoms with Gasteiger partial charge in [0.1, 0.15) is 0 Å². The van der Waals surface area contributed by atoms with Gasteiger partial charge in [0.05, 0.1) is 5.39 Å². The van der Waals surface area contributed by atoms with Crippen LogP contribution < -0.4 is 10.4 Å². The Balaban J connectivity index is 1.79. The van der Waals surface area contributed by atoms with Gasteiger partial charge >= 0.3 is 5.91 Å². The average Bonchev–Trinajstić information content (AvgIpc) is 3.15. The Bertz CT molecular complexity index is 1270. The number of hydrogen-bond donors (Lipinski definition) is 0. The molecule has 6 nitrogen and oxygen atoms in total. The summed E-state index contributed by atoms with van der Waals surface area (Å²) in [4.78, 5) is 30.3. The minimum absolute atomic E-state index is 0.191. The second-order valence-electron chi connectivity index (χ2n) is 6.23. The summed E-state index contributed by atoms with van der Waals surface area (Å²) in [6.07, 6.45) is 1.91. The zero-order chi connectivity index (χ0) is 19.5. The first-order valence-corrected chi connectivity index (χ1v) is 9.82. The monoisotopic (exact) mass is 390 g/mol. The number of amides is 1. The second kappa shape index (κ2) is 7.74. The molecule has 4 rings (SSSR count). The molecule has 140 valence electrons. The Hall–Kier alpha value is -3.32. The maximum Gasteiger partial charge on any atom is 0.300 e. The Morgan fingerprint density at radius 1 is 1.07 bits per heavy atom. The van der Waals surface area contributed by atoms with Gasteiger partial charge in [0.25, 0.3) is 5.56 Å². The van der Waals surface area contributed by atoms with Crippen LogP contribution in [0.2, 0.25) is 0 Å². The molecule has 7 heteroatoms. The maximum atomic E-state index is 13.0. The summed E-state index contributed by atoms with van der Waals surface area (Å²) in [5.74, 6) is -0.456. The van der Waals surface area contributed by atoms with E-state index in [0.29, 0.717) is 28.7 Å². The van der Waals surface area contributed by atoms with Crippen molar-refractivity contribution in [2.24, 2.45) is 4.99 Å². The highest BCUT2D eigenvalue weighted by atomic mass is 32.1. The number of benzene rings is 2. The summed E-state index contributed by atoms with van der Waals surface area (Å²) in [6, 6.07) is 17.0. The molecule has 2 heterocycles. The molecule has 0 radical (unpaired) electrons. The predicted molar refractivity (Wildman–Crippen MR) is 109 cm³/mol. The molecule has 4 aromatic rings. The third kappa shape index (κ3) is 3.44. The second-order valence-corrected chi connectivity index (χ2v) is 7.10. The number of carbonyl (C=O) groups is 1. The third-order valence-corrected chi connectivity index (χ3v) is 5.22. The molecule has 0 atom stereocenters. The van der Waals surface area contributed by atoms with E-state index in [1.54, 1.807) is 24.3 Å². The lowest BCUT2D eigenvalue weighted by atomic mass is 10.1. The maximum absolute atomic E-state index is 13.0. The van der Waals surface area contributed by atoms with Gasteiger partial charge in [-0.25, -0.2) is 4.68 Å². The molecule has 28 heavy (non-hydrogen) atoms. The van der Waals surface area contributed by atoms with Crippen LogP contribution in [0.1, 0.15) is 23.0 Å². The molecule has 0 spiro atoms. The van der Waals surface area contributed by atoms with E-state index in [4.69, 9.17) is 0 Å². The molecule has 0 aliphatic rings. The van der Waals surface area contributed by atoms with Gasteiger partial charge in [-0.05, 0) is 18.6 Å². The molecule has 0 fully saturated rings. The van der Waals surface area contributed by atoms with Crippen molar-refractivity contribution in [3.05, 3.63) is 92.6 Å². The zero-order valence-electron chi connectivity index (χ0n) is 15.3. The third-order valence-electron chi connectivity index (χ3n) is 4.42. The lowest BCUT2D eigenvalue weighted by Crippen LogP contribution is -2.25. The van der Waals surface area contributed by atoms with Gasteiger partial charge < -0.3 is 4.57 Å². The van der Waals surface area contributed by atoms with Crippen LogP contribution in [0.4, 0.5) is 0 Å². The molecule has 0 unspecified atom stereocenters. The first-order chi connectivity index (χ1) is 13.7. The van der Waals surface area contributed by atoms with E-state index in [1.165, 1.54) is 16.0 Å². The molecule has 1 amide bonds. The fourth-order valence-electron chi connectivity index (χ4n) is 3.03. The van der Waals surface area contributed by atoms with Crippen LogP contribution in [-0.2, 0) is 13.1 Å². The standard InChI is InChI=1S/C21H18N4O2S/c1-2-25-20(27)17-11-7-6-10-16(17)18(23-25)19(26)22-21-24(12-13-28-21)14-15-8-4-3-5-9-15/h3-13H,2,14H2,1H3. The van der Waals surface area contributed by atoms with E-state index >= 15 is 0 Å². The minimum Gasteiger partial charge on any atom is -0.319 e. The number of hydrogen-bond acceptors (Lipinski definition) is 4. The van der Waals surface area contributed by atoms with Crippen molar-refractivity contribution in [2.45, 2.75) is 20.0 Å². The largest absolute Gasteiger partial charge is 0.319 e. The Kier molecular flexibility index (Phi) is 4.99. The zero-order valence-corrected chi connectivity index (χ0v) is 16.1. The van der Waals surface area contributed by atoms with Crippen LogP contribution in [-0.4, -0.2) is 20.3 Å². The lowest BCUT2D eigenvalue weighted by Gasteiger charge is -2.07. The molecule has 0 aliphatic heterocycles. The molecule has 0 bridgehead atoms. The summed E-state index contributed by atoms with van der Waals surface area (Å²) in [7, 11) is 0. The fourth-order valence-corrected chi connectivity index (χ4v) is 3.76. The SMILES string of the molecule is CCn1nc(C(=O)N=c2sccn2Cc2ccccc2)c2ccccc2c1=O. The van der Waals surface area contributed by atoms with Crippen LogP contribution in [0.25, 0.3) is 10.8 Å². The van der Waals surface area contributed by atoms with Crippen LogP contribution in [0.3, 0.4) is 0 Å². The van der Waals surface area contributed by atoms with Gasteiger partial charge in [-0.1, -0.05) is 48.5 Å². The molecular formula is C21H18N4O2S. The summed E-state index contributed by atoms with van der Waals surface area (Å²) in [5.41, 5.74) is 1.11. The number of aryl methyl sites for hydroxylation is 1. The molecule has 2 aromatic heterocycles. The van der Waals surface area contributed by atoms with E-state index in [2.05, 4.69) is 10.1 Å². The van der Waals surface area contributed by atoms with Crippen LogP contribution in [0.5, 0.6) is 0 Å². The van der Waals surface area contributed by atoms with Crippen molar-refractivity contribution < 1.29 is 4.79 Å². The van der Waals surface area contributed by atoms with Crippen molar-refractivity contribution in [3.63, 3.8) is 0 Å². The van der Waals surface area contributed by atoms with Crippen LogP contribution in [0.15, 0.2) is 76.0 Å². The van der Waals surface area contributed by atoms with E-state index < -0.39 is 5.91 Å². The molecular weight excluding hydrogens is 372 g/mol. The smallest absolute Gasteiger partial charge is 0.300 e. The van der Waals surface area contributed by atoms with Gasteiger partial charge in [-0.2, -0.15) is 10.1 Å². The highest BCUT2D eigenvalue weighted by Crippen LogP contribution is 2.14. The topological polar surface area (TPSA) is 69.2 Å². The summed E-state index contributed by atoms with van der Waals surface area (Å²) in [6.45, 7) is 2.83. The van der Waals surface area contributed by atoms with Gasteiger partial charge in [-0.15, -0.1) is 11.3 Å². The van der Waals surface area contributed by atoms with Crippen molar-refractivity contribution in [1.82, 2.24) is 14.3 Å². The highest BCUT2D eigenvalue weighted by Gasteiger charge is 2.16. The average molecular weight is 390 g/mol. The molecule has 2 aromatic carbocycles. The van der Waals surface area contributed by atoms with Gasteiger partial charge in [-0.3, -0.25) is 9.59 Å². The normalized spacial score (nSPS) is 11.8. The molecule has 0 N–H and O–H groups in total. The highest BCUT2D eigenvalue weighted by molar-refractivity contribution is 7.07. The van der Waals surface area contributed by atoms with E-state index in [9.17, 15) is 9.59 Å². The van der Waals surface area contributed by atoms with Gasteiger partial charge in [0, 0.05) is 30.1 Å². The summed E-state index contributed by atoms with van der Waals surface area (Å²) >= 11 is 1.39. The van der Waals surface area contributed by atoms with Crippen molar-refractivity contribution in [2.75, 3.05) is 0 Å². The minimum atomic E-state index is -0.456. The number of rotatable bonds is 4. The summed E-state index contributed by atoms with van der Waals surface area (Å²) in [5, 5.41) is 7.16. The molecule has 0 saturated heterocycles. The van der Waals surface area contributed by atoms with Crippen LogP contribution in [0, 0.1) is 0 Å². The van der Waals surface area contributed by atoms with Gasteiger partial charge in [0.2, 0.25) is 0 Å². The van der Waals surface area contributed by atoms with Crippen molar-refractivity contribution in [1.29, 1.82) is 0 Å². The van der Waals surface area contributed by atoms with E-state index in [-0.39, 0.29) is 11.3 Å². The number of fused-ring (bicyclic) bond motifs is 1. The van der Waals surface area contributed by atoms with E-state index in [1.807, 2.05) is 53.4 Å². The number of carbonyl (C=O) groups excluding carboxylic acids is 1. The Morgan fingerprint density at radius 3 is 2.54 bits per heavy atom. The molecule has 0 saturated carbocycles. The van der Waals surface area contributed by atoms with E-state index in [0.717, 1.165) is 5.56 Å².